The molecule has 7 nitrogen and oxygen atoms in total. The van der Waals surface area contributed by atoms with Gasteiger partial charge in [-0.15, -0.1) is 0 Å². The van der Waals surface area contributed by atoms with Crippen molar-refractivity contribution in [3.05, 3.63) is 77.4 Å². The Labute approximate surface area is 206 Å². The number of fused-ring (bicyclic) bond motifs is 1. The highest BCUT2D eigenvalue weighted by atomic mass is 16.4. The van der Waals surface area contributed by atoms with Crippen LogP contribution in [0, 0.1) is 5.92 Å². The monoisotopic (exact) mass is 478 g/mol. The fourth-order valence-corrected chi connectivity index (χ4v) is 4.55. The number of Topliss-reactive ketones (excluding diaryl/α,β-unsaturated/α-hetero) is 1. The topological polar surface area (TPSA) is 107 Å². The van der Waals surface area contributed by atoms with Crippen molar-refractivity contribution in [1.29, 1.82) is 0 Å². The molecule has 0 unspecified atom stereocenters. The Morgan fingerprint density at radius 3 is 2.31 bits per heavy atom. The van der Waals surface area contributed by atoms with E-state index in [1.165, 1.54) is 29.7 Å². The molecule has 35 heavy (non-hydrogen) atoms. The van der Waals surface area contributed by atoms with Crippen molar-refractivity contribution in [2.75, 3.05) is 25.0 Å². The SMILES string of the molecule is O=C(CCC1CCN(Cc2ccccc2)CC1)c1ccc2c(c1)CCCN2.O=C(O)/C=C/C(=O)O. The number of ketones is 1. The molecule has 2 heterocycles. The van der Waals surface area contributed by atoms with E-state index >= 15 is 0 Å². The zero-order valence-corrected chi connectivity index (χ0v) is 20.0. The van der Waals surface area contributed by atoms with Crippen molar-refractivity contribution in [2.24, 2.45) is 5.92 Å². The summed E-state index contributed by atoms with van der Waals surface area (Å²) in [6, 6.07) is 16.9. The Balaban J connectivity index is 0.000000371. The van der Waals surface area contributed by atoms with Gasteiger partial charge in [0, 0.05) is 42.9 Å². The average molecular weight is 479 g/mol. The van der Waals surface area contributed by atoms with Gasteiger partial charge in [0.2, 0.25) is 0 Å². The van der Waals surface area contributed by atoms with Crippen LogP contribution in [0.3, 0.4) is 0 Å². The average Bonchev–Trinajstić information content (AvgIpc) is 2.87. The molecule has 0 bridgehead atoms. The van der Waals surface area contributed by atoms with E-state index in [0.29, 0.717) is 30.3 Å². The van der Waals surface area contributed by atoms with Crippen LogP contribution in [0.1, 0.15) is 53.6 Å². The molecule has 0 aromatic heterocycles. The van der Waals surface area contributed by atoms with Crippen molar-refractivity contribution >= 4 is 23.4 Å². The van der Waals surface area contributed by atoms with Crippen LogP contribution in [0.4, 0.5) is 5.69 Å². The second-order valence-corrected chi connectivity index (χ2v) is 9.08. The molecule has 7 heteroatoms. The molecule has 1 fully saturated rings. The van der Waals surface area contributed by atoms with Crippen molar-refractivity contribution in [3.8, 4) is 0 Å². The number of likely N-dealkylation sites (tertiary alicyclic amines) is 1. The molecular weight excluding hydrogens is 444 g/mol. The smallest absolute Gasteiger partial charge is 0.328 e. The third-order valence-corrected chi connectivity index (χ3v) is 6.47. The number of carbonyl (C=O) groups is 3. The van der Waals surface area contributed by atoms with E-state index in [-0.39, 0.29) is 0 Å². The Kier molecular flexibility index (Phi) is 10.0. The first-order valence-electron chi connectivity index (χ1n) is 12.2. The Hall–Kier alpha value is -3.45. The lowest BCUT2D eigenvalue weighted by atomic mass is 9.89. The molecule has 0 spiro atoms. The molecule has 4 rings (SSSR count). The van der Waals surface area contributed by atoms with Crippen LogP contribution in [0.25, 0.3) is 0 Å². The van der Waals surface area contributed by atoms with Gasteiger partial charge in [0.1, 0.15) is 0 Å². The molecular formula is C28H34N2O5. The standard InChI is InChI=1S/C24H30N2O.C4H4O4/c27-24(22-9-10-23-21(17-22)7-4-14-25-23)11-8-19-12-15-26(16-13-19)18-20-5-2-1-3-6-20;5-3(6)1-2-4(7)8/h1-3,5-6,9-10,17,19,25H,4,7-8,11-16,18H2;1-2H,(H,5,6)(H,7,8)/b;2-1+. The van der Waals surface area contributed by atoms with Gasteiger partial charge < -0.3 is 15.5 Å². The number of anilines is 1. The zero-order valence-electron chi connectivity index (χ0n) is 20.0. The quantitative estimate of drug-likeness (QED) is 0.375. The van der Waals surface area contributed by atoms with E-state index in [9.17, 15) is 14.4 Å². The fourth-order valence-electron chi connectivity index (χ4n) is 4.55. The minimum atomic E-state index is -1.26. The lowest BCUT2D eigenvalue weighted by Gasteiger charge is -2.32. The maximum Gasteiger partial charge on any atom is 0.328 e. The summed E-state index contributed by atoms with van der Waals surface area (Å²) < 4.78 is 0. The molecule has 2 aliphatic rings. The van der Waals surface area contributed by atoms with E-state index in [1.807, 2.05) is 6.07 Å². The third-order valence-electron chi connectivity index (χ3n) is 6.47. The predicted octanol–water partition coefficient (Wildman–Crippen LogP) is 4.63. The maximum absolute atomic E-state index is 12.6. The number of nitrogens with one attached hydrogen (secondary N) is 1. The summed E-state index contributed by atoms with van der Waals surface area (Å²) in [5, 5.41) is 19.0. The van der Waals surface area contributed by atoms with Crippen LogP contribution >= 0.6 is 0 Å². The van der Waals surface area contributed by atoms with Crippen LogP contribution in [0.2, 0.25) is 0 Å². The second kappa shape index (κ2) is 13.4. The molecule has 1 saturated heterocycles. The van der Waals surface area contributed by atoms with Crippen molar-refractivity contribution in [2.45, 2.75) is 45.1 Å². The number of benzene rings is 2. The Morgan fingerprint density at radius 1 is 0.971 bits per heavy atom. The van der Waals surface area contributed by atoms with E-state index in [4.69, 9.17) is 10.2 Å². The number of carboxylic acids is 2. The molecule has 0 saturated carbocycles. The highest BCUT2D eigenvalue weighted by Gasteiger charge is 2.20. The van der Waals surface area contributed by atoms with Gasteiger partial charge in [0.05, 0.1) is 0 Å². The van der Waals surface area contributed by atoms with E-state index in [2.05, 4.69) is 52.7 Å². The summed E-state index contributed by atoms with van der Waals surface area (Å²) in [6.07, 6.45) is 7.52. The maximum atomic E-state index is 12.6. The predicted molar refractivity (Wildman–Crippen MR) is 136 cm³/mol. The molecule has 0 radical (unpaired) electrons. The second-order valence-electron chi connectivity index (χ2n) is 9.08. The number of carbonyl (C=O) groups excluding carboxylic acids is 1. The molecule has 2 aromatic carbocycles. The number of rotatable bonds is 8. The molecule has 186 valence electrons. The number of carboxylic acid groups (broad SMARTS) is 2. The summed E-state index contributed by atoms with van der Waals surface area (Å²) in [7, 11) is 0. The highest BCUT2D eigenvalue weighted by Crippen LogP contribution is 2.26. The summed E-state index contributed by atoms with van der Waals surface area (Å²) in [6.45, 7) is 4.40. The fraction of sp³-hybridized carbons (Fsp3) is 0.393. The summed E-state index contributed by atoms with van der Waals surface area (Å²) in [4.78, 5) is 34.3. The first-order valence-corrected chi connectivity index (χ1v) is 12.2. The summed E-state index contributed by atoms with van der Waals surface area (Å²) in [5.74, 6) is -1.50. The van der Waals surface area contributed by atoms with Crippen LogP contribution in [0.15, 0.2) is 60.7 Å². The van der Waals surface area contributed by atoms with Gasteiger partial charge in [-0.25, -0.2) is 9.59 Å². The molecule has 2 aliphatic heterocycles. The van der Waals surface area contributed by atoms with Gasteiger partial charge in [-0.05, 0) is 80.4 Å². The molecule has 0 atom stereocenters. The number of hydrogen-bond donors (Lipinski definition) is 3. The highest BCUT2D eigenvalue weighted by molar-refractivity contribution is 5.96. The Bertz CT molecular complexity index is 1010. The van der Waals surface area contributed by atoms with Crippen LogP contribution in [-0.2, 0) is 22.6 Å². The Morgan fingerprint density at radius 2 is 1.66 bits per heavy atom. The molecule has 2 aromatic rings. The molecule has 0 aliphatic carbocycles. The number of nitrogens with zero attached hydrogens (tertiary/aromatic N) is 1. The van der Waals surface area contributed by atoms with Gasteiger partial charge in [-0.2, -0.15) is 0 Å². The largest absolute Gasteiger partial charge is 0.478 e. The normalized spacial score (nSPS) is 16.0. The first kappa shape index (κ1) is 26.2. The van der Waals surface area contributed by atoms with Crippen LogP contribution < -0.4 is 5.32 Å². The van der Waals surface area contributed by atoms with Crippen molar-refractivity contribution < 1.29 is 24.6 Å². The molecule has 0 amide bonds. The van der Waals surface area contributed by atoms with Crippen LogP contribution in [-0.4, -0.2) is 52.5 Å². The van der Waals surface area contributed by atoms with Crippen molar-refractivity contribution in [1.82, 2.24) is 4.90 Å². The van der Waals surface area contributed by atoms with E-state index in [0.717, 1.165) is 51.0 Å². The van der Waals surface area contributed by atoms with Crippen LogP contribution in [0.5, 0.6) is 0 Å². The number of aryl methyl sites for hydroxylation is 1. The third kappa shape index (κ3) is 9.02. The minimum absolute atomic E-state index is 0.315. The number of piperidine rings is 1. The number of hydrogen-bond acceptors (Lipinski definition) is 5. The van der Waals surface area contributed by atoms with Gasteiger partial charge in [-0.1, -0.05) is 30.3 Å². The lowest BCUT2D eigenvalue weighted by molar-refractivity contribution is -0.134. The first-order chi connectivity index (χ1) is 16.9. The zero-order chi connectivity index (χ0) is 25.0. The van der Waals surface area contributed by atoms with Gasteiger partial charge in [0.25, 0.3) is 0 Å². The number of aliphatic carboxylic acids is 2. The summed E-state index contributed by atoms with van der Waals surface area (Å²) in [5.41, 5.74) is 4.82. The van der Waals surface area contributed by atoms with Gasteiger partial charge in [0.15, 0.2) is 5.78 Å². The summed E-state index contributed by atoms with van der Waals surface area (Å²) >= 11 is 0. The minimum Gasteiger partial charge on any atom is -0.478 e. The van der Waals surface area contributed by atoms with Crippen molar-refractivity contribution in [3.63, 3.8) is 0 Å². The van der Waals surface area contributed by atoms with Gasteiger partial charge >= 0.3 is 11.9 Å². The van der Waals surface area contributed by atoms with E-state index < -0.39 is 11.9 Å². The molecule has 3 N–H and O–H groups in total. The van der Waals surface area contributed by atoms with E-state index in [1.54, 1.807) is 0 Å². The van der Waals surface area contributed by atoms with Gasteiger partial charge in [-0.3, -0.25) is 9.69 Å². The lowest BCUT2D eigenvalue weighted by Crippen LogP contribution is -2.33.